The molecule has 1 N–H and O–H groups in total. The summed E-state index contributed by atoms with van der Waals surface area (Å²) in [6, 6.07) is 1.85. The molecule has 3 rings (SSSR count). The molecule has 1 unspecified atom stereocenters. The standard InChI is InChI=1S/C18H18F4N4O/c1-10(2)3-4-17(27)24-13-5-6-26-15(13)8-14(25-26)11-7-16(18(20,21)22)23-9-12(11)19/h7-9,13H,1,3-6H2,2H3,(H,24,27). The van der Waals surface area contributed by atoms with Gasteiger partial charge in [0.25, 0.3) is 0 Å². The fraction of sp³-hybridized carbons (Fsp3) is 0.389. The van der Waals surface area contributed by atoms with Gasteiger partial charge in [0.2, 0.25) is 5.91 Å². The Morgan fingerprint density at radius 3 is 2.78 bits per heavy atom. The van der Waals surface area contributed by atoms with Gasteiger partial charge in [0, 0.05) is 18.5 Å². The molecule has 5 nitrogen and oxygen atoms in total. The van der Waals surface area contributed by atoms with Gasteiger partial charge in [-0.2, -0.15) is 18.3 Å². The molecular formula is C18H18F4N4O. The summed E-state index contributed by atoms with van der Waals surface area (Å²) in [4.78, 5) is 15.1. The van der Waals surface area contributed by atoms with E-state index in [1.165, 1.54) is 6.07 Å². The molecule has 0 saturated carbocycles. The summed E-state index contributed by atoms with van der Waals surface area (Å²) in [6.45, 7) is 6.07. The minimum absolute atomic E-state index is 0.0799. The Labute approximate surface area is 153 Å². The number of alkyl halides is 3. The van der Waals surface area contributed by atoms with Crippen molar-refractivity contribution in [2.75, 3.05) is 0 Å². The van der Waals surface area contributed by atoms with Crippen molar-refractivity contribution in [1.82, 2.24) is 20.1 Å². The minimum atomic E-state index is -4.68. The van der Waals surface area contributed by atoms with E-state index in [1.54, 1.807) is 4.68 Å². The van der Waals surface area contributed by atoms with Crippen molar-refractivity contribution in [3.8, 4) is 11.3 Å². The fourth-order valence-corrected chi connectivity index (χ4v) is 2.95. The highest BCUT2D eigenvalue weighted by molar-refractivity contribution is 5.76. The largest absolute Gasteiger partial charge is 0.433 e. The van der Waals surface area contributed by atoms with Crippen molar-refractivity contribution in [1.29, 1.82) is 0 Å². The Morgan fingerprint density at radius 2 is 2.11 bits per heavy atom. The van der Waals surface area contributed by atoms with E-state index in [9.17, 15) is 22.4 Å². The van der Waals surface area contributed by atoms with Gasteiger partial charge in [-0.3, -0.25) is 9.48 Å². The van der Waals surface area contributed by atoms with E-state index < -0.39 is 17.7 Å². The van der Waals surface area contributed by atoms with E-state index in [2.05, 4.69) is 22.0 Å². The highest BCUT2D eigenvalue weighted by Crippen LogP contribution is 2.34. The molecule has 1 aliphatic heterocycles. The van der Waals surface area contributed by atoms with E-state index >= 15 is 0 Å². The number of pyridine rings is 1. The Hall–Kier alpha value is -2.71. The van der Waals surface area contributed by atoms with Crippen molar-refractivity contribution in [3.05, 3.63) is 47.7 Å². The Morgan fingerprint density at radius 1 is 1.37 bits per heavy atom. The maximum absolute atomic E-state index is 14.0. The number of carbonyl (C=O) groups is 1. The number of amides is 1. The van der Waals surface area contributed by atoms with E-state index in [1.807, 2.05) is 6.92 Å². The van der Waals surface area contributed by atoms with E-state index in [-0.39, 0.29) is 23.2 Å². The normalized spacial score (nSPS) is 16.3. The van der Waals surface area contributed by atoms with Gasteiger partial charge in [-0.25, -0.2) is 9.37 Å². The van der Waals surface area contributed by atoms with Gasteiger partial charge in [-0.1, -0.05) is 5.57 Å². The van der Waals surface area contributed by atoms with Crippen LogP contribution in [-0.2, 0) is 17.5 Å². The molecule has 0 aromatic carbocycles. The number of halogens is 4. The molecule has 144 valence electrons. The lowest BCUT2D eigenvalue weighted by molar-refractivity contribution is -0.141. The average molecular weight is 382 g/mol. The van der Waals surface area contributed by atoms with Crippen LogP contribution in [-0.4, -0.2) is 20.7 Å². The summed E-state index contributed by atoms with van der Waals surface area (Å²) >= 11 is 0. The second-order valence-electron chi connectivity index (χ2n) is 6.59. The van der Waals surface area contributed by atoms with Gasteiger partial charge in [0.05, 0.1) is 23.6 Å². The molecule has 0 fully saturated rings. The number of allylic oxidation sites excluding steroid dienone is 1. The Kier molecular flexibility index (Phi) is 5.03. The topological polar surface area (TPSA) is 59.8 Å². The van der Waals surface area contributed by atoms with Crippen molar-refractivity contribution in [2.24, 2.45) is 0 Å². The number of aryl methyl sites for hydroxylation is 1. The Balaban J connectivity index is 1.82. The van der Waals surface area contributed by atoms with Gasteiger partial charge in [-0.05, 0) is 31.9 Å². The summed E-state index contributed by atoms with van der Waals surface area (Å²) in [5.41, 5.74) is 0.163. The van der Waals surface area contributed by atoms with Gasteiger partial charge >= 0.3 is 6.18 Å². The van der Waals surface area contributed by atoms with E-state index in [0.29, 0.717) is 43.8 Å². The molecule has 0 spiro atoms. The zero-order valence-electron chi connectivity index (χ0n) is 14.6. The summed E-state index contributed by atoms with van der Waals surface area (Å²) in [7, 11) is 0. The van der Waals surface area contributed by atoms with Crippen LogP contribution in [0.15, 0.2) is 30.5 Å². The molecule has 27 heavy (non-hydrogen) atoms. The molecule has 1 atom stereocenters. The van der Waals surface area contributed by atoms with E-state index in [4.69, 9.17) is 0 Å². The van der Waals surface area contributed by atoms with Gasteiger partial charge in [0.15, 0.2) is 5.82 Å². The number of fused-ring (bicyclic) bond motifs is 1. The number of nitrogens with zero attached hydrogens (tertiary/aromatic N) is 3. The lowest BCUT2D eigenvalue weighted by atomic mass is 10.1. The van der Waals surface area contributed by atoms with Crippen LogP contribution in [0.3, 0.4) is 0 Å². The first-order valence-electron chi connectivity index (χ1n) is 8.39. The lowest BCUT2D eigenvalue weighted by Gasteiger charge is -2.12. The number of hydrogen-bond acceptors (Lipinski definition) is 3. The minimum Gasteiger partial charge on any atom is -0.348 e. The third-order valence-corrected chi connectivity index (χ3v) is 4.33. The summed E-state index contributed by atoms with van der Waals surface area (Å²) in [5.74, 6) is -1.03. The third-order valence-electron chi connectivity index (χ3n) is 4.33. The first kappa shape index (κ1) is 19.1. The molecule has 0 aliphatic carbocycles. The molecule has 0 radical (unpaired) electrons. The van der Waals surface area contributed by atoms with Crippen LogP contribution in [0.5, 0.6) is 0 Å². The van der Waals surface area contributed by atoms with Crippen molar-refractivity contribution in [2.45, 2.75) is 44.9 Å². The highest BCUT2D eigenvalue weighted by atomic mass is 19.4. The van der Waals surface area contributed by atoms with Crippen LogP contribution in [0.2, 0.25) is 0 Å². The van der Waals surface area contributed by atoms with Gasteiger partial charge in [0.1, 0.15) is 5.69 Å². The number of nitrogens with one attached hydrogen (secondary N) is 1. The number of aromatic nitrogens is 3. The molecule has 9 heteroatoms. The summed E-state index contributed by atoms with van der Waals surface area (Å²) in [5, 5.41) is 7.07. The first-order chi connectivity index (χ1) is 12.6. The predicted octanol–water partition coefficient (Wildman–Crippen LogP) is 4.02. The van der Waals surface area contributed by atoms with Crippen molar-refractivity contribution < 1.29 is 22.4 Å². The maximum atomic E-state index is 14.0. The number of carbonyl (C=O) groups excluding carboxylic acids is 1. The number of hydrogen-bond donors (Lipinski definition) is 1. The summed E-state index contributed by atoms with van der Waals surface area (Å²) in [6.07, 6.45) is -2.63. The van der Waals surface area contributed by atoms with Gasteiger partial charge in [-0.15, -0.1) is 6.58 Å². The zero-order chi connectivity index (χ0) is 19.8. The second-order valence-corrected chi connectivity index (χ2v) is 6.59. The molecule has 2 aromatic rings. The van der Waals surface area contributed by atoms with Crippen molar-refractivity contribution in [3.63, 3.8) is 0 Å². The van der Waals surface area contributed by atoms with Crippen LogP contribution >= 0.6 is 0 Å². The molecule has 1 amide bonds. The molecule has 0 saturated heterocycles. The maximum Gasteiger partial charge on any atom is 0.433 e. The van der Waals surface area contributed by atoms with Crippen LogP contribution in [0.1, 0.15) is 43.6 Å². The Bertz CT molecular complexity index is 888. The van der Waals surface area contributed by atoms with E-state index in [0.717, 1.165) is 5.57 Å². The third kappa shape index (κ3) is 4.17. The SMILES string of the molecule is C=C(C)CCC(=O)NC1CCn2nc(-c3cc(C(F)(F)F)ncc3F)cc21. The molecule has 1 aliphatic rings. The van der Waals surface area contributed by atoms with Crippen molar-refractivity contribution >= 4 is 5.91 Å². The van der Waals surface area contributed by atoms with Crippen LogP contribution in [0.25, 0.3) is 11.3 Å². The highest BCUT2D eigenvalue weighted by Gasteiger charge is 2.34. The van der Waals surface area contributed by atoms with Crippen LogP contribution in [0, 0.1) is 5.82 Å². The predicted molar refractivity (Wildman–Crippen MR) is 90.0 cm³/mol. The van der Waals surface area contributed by atoms with Crippen LogP contribution < -0.4 is 5.32 Å². The molecule has 3 heterocycles. The molecule has 2 aromatic heterocycles. The fourth-order valence-electron chi connectivity index (χ4n) is 2.95. The monoisotopic (exact) mass is 382 g/mol. The molecule has 0 bridgehead atoms. The van der Waals surface area contributed by atoms with Gasteiger partial charge < -0.3 is 5.32 Å². The average Bonchev–Trinajstić information content (AvgIpc) is 3.14. The lowest BCUT2D eigenvalue weighted by Crippen LogP contribution is -2.26. The van der Waals surface area contributed by atoms with Crippen LogP contribution in [0.4, 0.5) is 17.6 Å². The second kappa shape index (κ2) is 7.13. The zero-order valence-corrected chi connectivity index (χ0v) is 14.6. The summed E-state index contributed by atoms with van der Waals surface area (Å²) < 4.78 is 54.2. The smallest absolute Gasteiger partial charge is 0.348 e. The number of rotatable bonds is 5. The first-order valence-corrected chi connectivity index (χ1v) is 8.39. The molecular weight excluding hydrogens is 364 g/mol. The quantitative estimate of drug-likeness (QED) is 0.628.